The second kappa shape index (κ2) is 8.85. The SMILES string of the molecule is COc1cc(-c2cc(C(=O)NCc3c(C)cc(C)[nH]c3=O)c3cnn(C(C)C)c3n2)ccn1. The van der Waals surface area contributed by atoms with E-state index in [0.717, 1.165) is 16.8 Å². The Morgan fingerprint density at radius 2 is 2.03 bits per heavy atom. The number of H-pyrrole nitrogens is 1. The van der Waals surface area contributed by atoms with Crippen molar-refractivity contribution in [2.24, 2.45) is 0 Å². The molecule has 0 aliphatic rings. The highest BCUT2D eigenvalue weighted by Crippen LogP contribution is 2.27. The molecule has 4 aromatic heterocycles. The van der Waals surface area contributed by atoms with Gasteiger partial charge in [-0.05, 0) is 51.5 Å². The van der Waals surface area contributed by atoms with Crippen LogP contribution in [-0.2, 0) is 6.54 Å². The number of hydrogen-bond acceptors (Lipinski definition) is 6. The molecule has 2 N–H and O–H groups in total. The summed E-state index contributed by atoms with van der Waals surface area (Å²) in [6.07, 6.45) is 3.28. The third-order valence-electron chi connectivity index (χ3n) is 5.46. The van der Waals surface area contributed by atoms with Gasteiger partial charge in [-0.1, -0.05) is 0 Å². The minimum absolute atomic E-state index is 0.0573. The Bertz CT molecular complexity index is 1400. The van der Waals surface area contributed by atoms with Crippen molar-refractivity contribution in [1.82, 2.24) is 30.0 Å². The standard InChI is InChI=1S/C24H26N6O3/c1-13(2)30-22-19(12-27-30)17(10-20(29-22)16-6-7-25-21(9-16)33-5)23(31)26-11-18-14(3)8-15(4)28-24(18)32/h6-10,12-13H,11H2,1-5H3,(H,26,31)(H,28,32). The monoisotopic (exact) mass is 446 g/mol. The minimum Gasteiger partial charge on any atom is -0.481 e. The lowest BCUT2D eigenvalue weighted by molar-refractivity contribution is 0.0952. The van der Waals surface area contributed by atoms with E-state index in [0.29, 0.717) is 33.7 Å². The number of hydrogen-bond donors (Lipinski definition) is 2. The lowest BCUT2D eigenvalue weighted by Gasteiger charge is -2.12. The first-order valence-corrected chi connectivity index (χ1v) is 10.6. The van der Waals surface area contributed by atoms with Crippen molar-refractivity contribution < 1.29 is 9.53 Å². The van der Waals surface area contributed by atoms with Crippen molar-refractivity contribution in [3.05, 3.63) is 69.4 Å². The summed E-state index contributed by atoms with van der Waals surface area (Å²) in [5.41, 5.74) is 4.32. The molecule has 4 aromatic rings. The van der Waals surface area contributed by atoms with Gasteiger partial charge in [0, 0.05) is 41.7 Å². The van der Waals surface area contributed by atoms with E-state index in [2.05, 4.69) is 20.4 Å². The number of pyridine rings is 3. The summed E-state index contributed by atoms with van der Waals surface area (Å²) in [4.78, 5) is 37.3. The van der Waals surface area contributed by atoms with E-state index in [1.165, 1.54) is 0 Å². The lowest BCUT2D eigenvalue weighted by Crippen LogP contribution is -2.28. The molecule has 0 spiro atoms. The number of amides is 1. The Hall–Kier alpha value is -4.01. The fraction of sp³-hybridized carbons (Fsp3) is 0.292. The Morgan fingerprint density at radius 3 is 2.73 bits per heavy atom. The molecule has 170 valence electrons. The average Bonchev–Trinajstić information content (AvgIpc) is 3.22. The molecule has 9 heteroatoms. The number of carbonyl (C=O) groups is 1. The Balaban J connectivity index is 1.77. The van der Waals surface area contributed by atoms with Crippen LogP contribution in [-0.4, -0.2) is 37.7 Å². The molecule has 4 rings (SSSR count). The van der Waals surface area contributed by atoms with Crippen LogP contribution >= 0.6 is 0 Å². The predicted molar refractivity (Wildman–Crippen MR) is 125 cm³/mol. The fourth-order valence-corrected chi connectivity index (χ4v) is 3.78. The van der Waals surface area contributed by atoms with Gasteiger partial charge in [0.05, 0.1) is 30.0 Å². The van der Waals surface area contributed by atoms with Crippen LogP contribution in [0.2, 0.25) is 0 Å². The summed E-state index contributed by atoms with van der Waals surface area (Å²) in [6, 6.07) is 7.24. The number of aryl methyl sites for hydroxylation is 2. The number of nitrogens with zero attached hydrogens (tertiary/aromatic N) is 4. The first kappa shape index (κ1) is 22.2. The normalized spacial score (nSPS) is 11.2. The molecule has 0 aromatic carbocycles. The number of aromatic amines is 1. The van der Waals surface area contributed by atoms with Gasteiger partial charge >= 0.3 is 0 Å². The molecular weight excluding hydrogens is 420 g/mol. The molecule has 0 fully saturated rings. The zero-order valence-electron chi connectivity index (χ0n) is 19.3. The van der Waals surface area contributed by atoms with Gasteiger partial charge in [-0.15, -0.1) is 0 Å². The lowest BCUT2D eigenvalue weighted by atomic mass is 10.1. The van der Waals surface area contributed by atoms with Crippen molar-refractivity contribution in [3.8, 4) is 17.1 Å². The highest BCUT2D eigenvalue weighted by Gasteiger charge is 2.19. The summed E-state index contributed by atoms with van der Waals surface area (Å²) in [5, 5.41) is 7.97. The topological polar surface area (TPSA) is 115 Å². The van der Waals surface area contributed by atoms with Crippen LogP contribution in [0.5, 0.6) is 5.88 Å². The smallest absolute Gasteiger partial charge is 0.253 e. The summed E-state index contributed by atoms with van der Waals surface area (Å²) in [7, 11) is 1.55. The molecule has 0 atom stereocenters. The number of carbonyl (C=O) groups excluding carboxylic acids is 1. The Labute approximate surface area is 190 Å². The molecule has 0 aliphatic heterocycles. The second-order valence-corrected chi connectivity index (χ2v) is 8.19. The number of aromatic nitrogens is 5. The Morgan fingerprint density at radius 1 is 1.24 bits per heavy atom. The second-order valence-electron chi connectivity index (χ2n) is 8.19. The molecule has 0 radical (unpaired) electrons. The van der Waals surface area contributed by atoms with Crippen molar-refractivity contribution in [1.29, 1.82) is 0 Å². The van der Waals surface area contributed by atoms with Gasteiger partial charge < -0.3 is 15.0 Å². The molecule has 0 saturated heterocycles. The number of fused-ring (bicyclic) bond motifs is 1. The average molecular weight is 447 g/mol. The van der Waals surface area contributed by atoms with Crippen LogP contribution in [0.1, 0.15) is 47.1 Å². The molecule has 0 unspecified atom stereocenters. The van der Waals surface area contributed by atoms with E-state index in [4.69, 9.17) is 9.72 Å². The quantitative estimate of drug-likeness (QED) is 0.470. The van der Waals surface area contributed by atoms with Gasteiger partial charge in [0.2, 0.25) is 5.88 Å². The van der Waals surface area contributed by atoms with Crippen molar-refractivity contribution in [2.75, 3.05) is 7.11 Å². The Kier molecular flexibility index (Phi) is 5.95. The van der Waals surface area contributed by atoms with Crippen LogP contribution in [0.3, 0.4) is 0 Å². The van der Waals surface area contributed by atoms with Crippen molar-refractivity contribution in [3.63, 3.8) is 0 Å². The van der Waals surface area contributed by atoms with Gasteiger partial charge in [-0.3, -0.25) is 9.59 Å². The number of nitrogens with one attached hydrogen (secondary N) is 2. The summed E-state index contributed by atoms with van der Waals surface area (Å²) in [6.45, 7) is 7.80. The molecule has 33 heavy (non-hydrogen) atoms. The van der Waals surface area contributed by atoms with Crippen molar-refractivity contribution >= 4 is 16.9 Å². The van der Waals surface area contributed by atoms with Crippen LogP contribution in [0.4, 0.5) is 0 Å². The van der Waals surface area contributed by atoms with E-state index < -0.39 is 0 Å². The van der Waals surface area contributed by atoms with Gasteiger partial charge in [-0.25, -0.2) is 14.6 Å². The first-order valence-electron chi connectivity index (χ1n) is 10.6. The summed E-state index contributed by atoms with van der Waals surface area (Å²) >= 11 is 0. The van der Waals surface area contributed by atoms with E-state index in [1.807, 2.05) is 39.8 Å². The van der Waals surface area contributed by atoms with E-state index >= 15 is 0 Å². The number of ether oxygens (including phenoxy) is 1. The molecule has 0 saturated carbocycles. The zero-order valence-corrected chi connectivity index (χ0v) is 19.3. The maximum absolute atomic E-state index is 13.3. The molecule has 0 bridgehead atoms. The largest absolute Gasteiger partial charge is 0.481 e. The molecule has 0 aliphatic carbocycles. The van der Waals surface area contributed by atoms with Crippen molar-refractivity contribution in [2.45, 2.75) is 40.3 Å². The number of methoxy groups -OCH3 is 1. The molecule has 9 nitrogen and oxygen atoms in total. The zero-order chi connectivity index (χ0) is 23.7. The van der Waals surface area contributed by atoms with E-state index in [-0.39, 0.29) is 24.1 Å². The highest BCUT2D eigenvalue weighted by molar-refractivity contribution is 6.06. The maximum Gasteiger partial charge on any atom is 0.253 e. The molecule has 1 amide bonds. The van der Waals surface area contributed by atoms with Crippen LogP contribution in [0.25, 0.3) is 22.3 Å². The predicted octanol–water partition coefficient (Wildman–Crippen LogP) is 3.32. The maximum atomic E-state index is 13.3. The molecule has 4 heterocycles. The van der Waals surface area contributed by atoms with Crippen LogP contribution < -0.4 is 15.6 Å². The first-order chi connectivity index (χ1) is 15.8. The summed E-state index contributed by atoms with van der Waals surface area (Å²) in [5.74, 6) is 0.138. The number of rotatable bonds is 6. The third kappa shape index (κ3) is 4.34. The highest BCUT2D eigenvalue weighted by atomic mass is 16.5. The van der Waals surface area contributed by atoms with Gasteiger partial charge in [0.1, 0.15) is 0 Å². The molecular formula is C24H26N6O3. The van der Waals surface area contributed by atoms with E-state index in [9.17, 15) is 9.59 Å². The van der Waals surface area contributed by atoms with Gasteiger partial charge in [-0.2, -0.15) is 5.10 Å². The van der Waals surface area contributed by atoms with Gasteiger partial charge in [0.15, 0.2) is 5.65 Å². The fourth-order valence-electron chi connectivity index (χ4n) is 3.78. The summed E-state index contributed by atoms with van der Waals surface area (Å²) < 4.78 is 7.02. The van der Waals surface area contributed by atoms with Crippen LogP contribution in [0, 0.1) is 13.8 Å². The van der Waals surface area contributed by atoms with E-state index in [1.54, 1.807) is 36.3 Å². The third-order valence-corrected chi connectivity index (χ3v) is 5.46. The minimum atomic E-state index is -0.313. The van der Waals surface area contributed by atoms with Crippen LogP contribution in [0.15, 0.2) is 41.5 Å². The van der Waals surface area contributed by atoms with Gasteiger partial charge in [0.25, 0.3) is 11.5 Å².